The van der Waals surface area contributed by atoms with Gasteiger partial charge in [-0.3, -0.25) is 39.3 Å². The van der Waals surface area contributed by atoms with E-state index in [-0.39, 0.29) is 62.6 Å². The highest BCUT2D eigenvalue weighted by atomic mass is 16.7. The van der Waals surface area contributed by atoms with Gasteiger partial charge in [0.1, 0.15) is 35.7 Å². The predicted molar refractivity (Wildman–Crippen MR) is 302 cm³/mol. The van der Waals surface area contributed by atoms with E-state index in [0.717, 1.165) is 13.1 Å². The number of nitrogens with zero attached hydrogens (tertiary/aromatic N) is 6. The van der Waals surface area contributed by atoms with Crippen molar-refractivity contribution in [3.05, 3.63) is 117 Å². The van der Waals surface area contributed by atoms with Crippen LogP contribution in [0, 0.1) is 40.7 Å². The van der Waals surface area contributed by atoms with Gasteiger partial charge in [0.15, 0.2) is 11.6 Å². The zero-order chi connectivity index (χ0) is 60.3. The Kier molecular flexibility index (Phi) is 20.8. The number of nitrogens with two attached hydrogens (primary N) is 1. The molecule has 82 heavy (non-hydrogen) atoms. The molecule has 3 aromatic carbocycles. The minimum Gasteiger partial charge on any atom is -0.507 e. The van der Waals surface area contributed by atoms with Gasteiger partial charge in [0.05, 0.1) is 57.9 Å². The van der Waals surface area contributed by atoms with Gasteiger partial charge in [-0.15, -0.1) is 0 Å². The molecule has 4 aliphatic heterocycles. The molecule has 0 aliphatic carbocycles. The van der Waals surface area contributed by atoms with Crippen LogP contribution in [0.4, 0.5) is 11.4 Å². The first-order valence-electron chi connectivity index (χ1n) is 26.2. The summed E-state index contributed by atoms with van der Waals surface area (Å²) < 4.78 is 28.9. The number of amides is 2. The van der Waals surface area contributed by atoms with Crippen molar-refractivity contribution in [1.82, 2.24) is 20.3 Å². The highest BCUT2D eigenvalue weighted by Crippen LogP contribution is 2.55. The first-order valence-corrected chi connectivity index (χ1v) is 26.2. The third-order valence-electron chi connectivity index (χ3n) is 14.5. The lowest BCUT2D eigenvalue weighted by Crippen LogP contribution is -2.46. The Labute approximate surface area is 473 Å². The summed E-state index contributed by atoms with van der Waals surface area (Å²) in [6, 6.07) is 8.59. The molecule has 440 valence electrons. The number of Topliss-reactive ketones (excluding diaryl/α,β-unsaturated/α-hetero) is 1. The molecule has 0 unspecified atom stereocenters. The van der Waals surface area contributed by atoms with E-state index in [4.69, 9.17) is 29.4 Å². The topological polar surface area (TPSA) is 353 Å². The van der Waals surface area contributed by atoms with Crippen LogP contribution in [0.1, 0.15) is 80.3 Å². The highest BCUT2D eigenvalue weighted by molar-refractivity contribution is 6.24. The number of phenols is 3. The van der Waals surface area contributed by atoms with Gasteiger partial charge in [0.2, 0.25) is 0 Å². The predicted octanol–water partition coefficient (Wildman–Crippen LogP) is 5.41. The molecule has 25 nitrogen and oxygen atoms in total. The van der Waals surface area contributed by atoms with Gasteiger partial charge in [-0.2, -0.15) is 10.2 Å². The van der Waals surface area contributed by atoms with E-state index in [1.54, 1.807) is 44.9 Å². The van der Waals surface area contributed by atoms with E-state index in [2.05, 4.69) is 30.8 Å². The van der Waals surface area contributed by atoms with E-state index in [1.165, 1.54) is 108 Å². The van der Waals surface area contributed by atoms with Gasteiger partial charge in [-0.25, -0.2) is 5.43 Å². The summed E-state index contributed by atoms with van der Waals surface area (Å²) in [6.07, 6.45) is 7.83. The average molecular weight is 1140 g/mol. The summed E-state index contributed by atoms with van der Waals surface area (Å²) in [5, 5.41) is 81.1. The van der Waals surface area contributed by atoms with Crippen molar-refractivity contribution in [2.24, 2.45) is 39.6 Å². The third-order valence-corrected chi connectivity index (χ3v) is 14.5. The number of nitrogens with one attached hydrogen (secondary N) is 2. The molecule has 1 fully saturated rings. The Morgan fingerprint density at radius 1 is 0.951 bits per heavy atom. The Morgan fingerprint density at radius 3 is 2.23 bits per heavy atom. The number of methoxy groups -OCH3 is 1. The quantitative estimate of drug-likeness (QED) is 0.0187. The Hall–Kier alpha value is -8.65. The van der Waals surface area contributed by atoms with Crippen molar-refractivity contribution in [1.29, 1.82) is 0 Å². The number of nitro benzene ring substituents is 1. The number of aromatic hydroxyl groups is 3. The maximum Gasteiger partial charge on any atom is 0.312 e. The van der Waals surface area contributed by atoms with E-state index >= 15 is 0 Å². The summed E-state index contributed by atoms with van der Waals surface area (Å²) in [5.74, 6) is -8.32. The minimum absolute atomic E-state index is 0.0383. The zero-order valence-corrected chi connectivity index (χ0v) is 47.2. The van der Waals surface area contributed by atoms with Gasteiger partial charge in [-0.05, 0) is 51.2 Å². The lowest BCUT2D eigenvalue weighted by atomic mass is 9.78. The SMILES string of the molecule is CO[C@H]1/C=C/O[C@@]2(C)Oc3c(C)c(O)c4c(O)c(c(/C=N\N5CCN(C)CC5)c(O)c4c3C2=O)NC(=O)/C(C)=C\C=C\[C@H](C)[C@H](O)[C@@H](C)[C@@H](O)[C@@H](C)[C@H](OC(C)=O)[C@@H]1C.N/C(COc1ccc([N+](=O)[O-])cc1)=N/NC(=O)c1ccncc1. The number of hydrazone groups is 2. The van der Waals surface area contributed by atoms with Crippen LogP contribution >= 0.6 is 0 Å². The molecule has 25 heteroatoms. The normalized spacial score (nSPS) is 26.1. The van der Waals surface area contributed by atoms with Crippen LogP contribution < -0.4 is 25.9 Å². The molecular weight excluding hydrogens is 1070 g/mol. The number of aliphatic hydroxyl groups is 2. The Bertz CT molecular complexity index is 3160. The number of benzene rings is 3. The molecule has 0 saturated carbocycles. The molecule has 0 spiro atoms. The summed E-state index contributed by atoms with van der Waals surface area (Å²) in [5.41, 5.74) is 7.91. The Morgan fingerprint density at radius 2 is 1.61 bits per heavy atom. The second-order valence-corrected chi connectivity index (χ2v) is 20.4. The third kappa shape index (κ3) is 14.4. The van der Waals surface area contributed by atoms with Crippen molar-refractivity contribution < 1.29 is 73.3 Å². The molecule has 4 aliphatic rings. The number of rotatable bonds is 10. The number of allylic oxidation sites excluding steroid dienone is 2. The first kappa shape index (κ1) is 62.5. The minimum atomic E-state index is -2.04. The molecule has 1 saturated heterocycles. The van der Waals surface area contributed by atoms with E-state index < -0.39 is 99.6 Å². The lowest BCUT2D eigenvalue weighted by Gasteiger charge is -2.38. The number of nitro groups is 1. The van der Waals surface area contributed by atoms with E-state index in [9.17, 15) is 54.8 Å². The first-order chi connectivity index (χ1) is 38.8. The number of pyridine rings is 1. The molecule has 0 radical (unpaired) electrons. The molecule has 2 amide bonds. The number of carbonyl (C=O) groups is 4. The second kappa shape index (κ2) is 27.2. The monoisotopic (exact) mass is 1140 g/mol. The molecule has 5 heterocycles. The summed E-state index contributed by atoms with van der Waals surface area (Å²) in [4.78, 5) is 68.2. The number of ether oxygens (including phenoxy) is 5. The molecular formula is C57H71N9O16. The number of aromatic nitrogens is 1. The van der Waals surface area contributed by atoms with Crippen molar-refractivity contribution >= 4 is 57.8 Å². The number of phenolic OH excluding ortho intramolecular Hbond substituents is 3. The molecule has 9 N–H and O–H groups in total. The zero-order valence-electron chi connectivity index (χ0n) is 47.2. The van der Waals surface area contributed by atoms with Gasteiger partial charge >= 0.3 is 11.8 Å². The molecule has 1 aromatic heterocycles. The smallest absolute Gasteiger partial charge is 0.312 e. The van der Waals surface area contributed by atoms with Gasteiger partial charge in [0.25, 0.3) is 23.3 Å². The van der Waals surface area contributed by atoms with Crippen LogP contribution in [-0.2, 0) is 23.8 Å². The molecule has 9 atom stereocenters. The van der Waals surface area contributed by atoms with Gasteiger partial charge in [-0.1, -0.05) is 45.9 Å². The number of hydrogen-bond acceptors (Lipinski definition) is 21. The maximum absolute atomic E-state index is 14.4. The number of piperazine rings is 1. The summed E-state index contributed by atoms with van der Waals surface area (Å²) >= 11 is 0. The summed E-state index contributed by atoms with van der Waals surface area (Å²) in [6.45, 7) is 15.0. The number of carbonyl (C=O) groups excluding carboxylic acids is 4. The fraction of sp³-hybridized carbons (Fsp3) is 0.421. The number of likely N-dealkylation sites (N-methyl/N-ethyl adjacent to an activating group) is 1. The number of amidine groups is 1. The van der Waals surface area contributed by atoms with E-state index in [1.807, 2.05) is 7.05 Å². The van der Waals surface area contributed by atoms with Crippen LogP contribution in [-0.4, -0.2) is 158 Å². The number of hydrogen-bond donors (Lipinski definition) is 8. The summed E-state index contributed by atoms with van der Waals surface area (Å²) in [7, 11) is 3.42. The number of anilines is 1. The van der Waals surface area contributed by atoms with Crippen molar-refractivity contribution in [2.45, 2.75) is 85.6 Å². The average Bonchev–Trinajstić information content (AvgIpc) is 3.98. The fourth-order valence-corrected chi connectivity index (χ4v) is 9.47. The van der Waals surface area contributed by atoms with Crippen LogP contribution in [0.3, 0.4) is 0 Å². The standard InChI is InChI=1S/C43H58N4O12.C14H13N5O4/c1-21-12-11-13-22(2)42(55)45-33-28(20-44-47-17-15-46(9)16-18-47)37(52)30-31(38(33)53)36(51)26(6)40-32(30)41(54)43(8,59-40)57-19-14-29(56-10)23(3)39(58-27(7)48)25(5)35(50)24(4)34(21)49;15-13(17-18-14(20)10-5-7-16-8-6-10)9-23-12-3-1-11(2-4-12)19(21)22/h11-14,19-21,23-25,29,34-35,39,49-53H,15-18H2,1-10H3,(H,45,55);1-8H,9H2,(H2,15,17)(H,18,20)/b12-11+,19-14+,22-13-,44-20-;/t21-,23+,24+,25+,29-,34-,35+,39+,43-;/m0./s1. The largest absolute Gasteiger partial charge is 0.507 e. The number of aliphatic hydroxyl groups excluding tert-OH is 2. The second-order valence-electron chi connectivity index (χ2n) is 20.4. The van der Waals surface area contributed by atoms with Crippen molar-refractivity contribution in [3.8, 4) is 28.7 Å². The van der Waals surface area contributed by atoms with E-state index in [0.29, 0.717) is 24.4 Å². The molecule has 8 rings (SSSR count). The van der Waals surface area contributed by atoms with Crippen LogP contribution in [0.2, 0.25) is 0 Å². The van der Waals surface area contributed by atoms with Crippen LogP contribution in [0.5, 0.6) is 28.7 Å². The molecule has 4 aromatic rings. The molecule has 5 bridgehead atoms. The van der Waals surface area contributed by atoms with Crippen LogP contribution in [0.25, 0.3) is 10.8 Å². The number of non-ortho nitro benzene ring substituents is 1. The number of fused-ring (bicyclic) bond motifs is 14. The fourth-order valence-electron chi connectivity index (χ4n) is 9.47. The van der Waals surface area contributed by atoms with Gasteiger partial charge in [0, 0.05) is 117 Å². The van der Waals surface area contributed by atoms with Gasteiger partial charge < -0.3 is 65.2 Å². The van der Waals surface area contributed by atoms with Crippen molar-refractivity contribution in [2.75, 3.05) is 52.3 Å². The number of ketones is 1. The highest BCUT2D eigenvalue weighted by Gasteiger charge is 2.50. The van der Waals surface area contributed by atoms with Crippen molar-refractivity contribution in [3.63, 3.8) is 0 Å². The maximum atomic E-state index is 14.4. The lowest BCUT2D eigenvalue weighted by molar-refractivity contribution is -0.384. The number of esters is 1. The van der Waals surface area contributed by atoms with Crippen LogP contribution in [0.15, 0.2) is 95.1 Å². The Balaban J connectivity index is 0.000000391.